The Bertz CT molecular complexity index is 445. The van der Waals surface area contributed by atoms with Gasteiger partial charge >= 0.3 is 0 Å². The number of nitrogens with zero attached hydrogens (tertiary/aromatic N) is 3. The van der Waals surface area contributed by atoms with Gasteiger partial charge in [0.05, 0.1) is 6.54 Å². The number of guanidine groups is 1. The average molecular weight is 389 g/mol. The summed E-state index contributed by atoms with van der Waals surface area (Å²) in [6, 6.07) is 0. The molecule has 6 heteroatoms. The first-order valence-electron chi connectivity index (χ1n) is 6.63. The Morgan fingerprint density at radius 3 is 2.85 bits per heavy atom. The van der Waals surface area contributed by atoms with Gasteiger partial charge in [0.15, 0.2) is 5.96 Å². The normalized spacial score (nSPS) is 10.8. The predicted molar refractivity (Wildman–Crippen MR) is 94.1 cm³/mol. The number of hydrogen-bond acceptors (Lipinski definition) is 2. The Hall–Kier alpha value is -1.23. The van der Waals surface area contributed by atoms with Crippen LogP contribution >= 0.6 is 24.0 Å². The zero-order valence-electron chi connectivity index (χ0n) is 12.4. The smallest absolute Gasteiger partial charge is 0.192 e. The fourth-order valence-corrected chi connectivity index (χ4v) is 1.68. The lowest BCUT2D eigenvalue weighted by Crippen LogP contribution is -2.37. The van der Waals surface area contributed by atoms with Crippen molar-refractivity contribution < 1.29 is 0 Å². The number of halogens is 1. The summed E-state index contributed by atoms with van der Waals surface area (Å²) >= 11 is 0. The summed E-state index contributed by atoms with van der Waals surface area (Å²) < 4.78 is 2.14. The van der Waals surface area contributed by atoms with Gasteiger partial charge in [-0.15, -0.1) is 30.4 Å². The van der Waals surface area contributed by atoms with Crippen LogP contribution in [0.25, 0.3) is 0 Å². The lowest BCUT2D eigenvalue weighted by Gasteiger charge is -2.11. The second-order valence-electron chi connectivity index (χ2n) is 4.64. The number of rotatable bonds is 6. The number of nitrogens with one attached hydrogen (secondary N) is 2. The van der Waals surface area contributed by atoms with E-state index in [0.29, 0.717) is 19.0 Å². The molecule has 1 rings (SSSR count). The molecule has 1 aromatic rings. The van der Waals surface area contributed by atoms with Crippen LogP contribution in [-0.4, -0.2) is 28.6 Å². The van der Waals surface area contributed by atoms with Crippen LogP contribution in [0.4, 0.5) is 0 Å². The van der Waals surface area contributed by atoms with E-state index in [9.17, 15) is 0 Å². The van der Waals surface area contributed by atoms with Crippen molar-refractivity contribution in [3.8, 4) is 12.3 Å². The van der Waals surface area contributed by atoms with Crippen LogP contribution in [0.3, 0.4) is 0 Å². The van der Waals surface area contributed by atoms with Gasteiger partial charge in [-0.05, 0) is 12.8 Å². The minimum absolute atomic E-state index is 0. The standard InChI is InChI=1S/C14H23N5.HI/c1-5-7-17-14(15-6-2)18-10-13-16-8-9-19(13)11-12(3)4;/h1,8-9,12H,6-7,10-11H2,2-4H3,(H2,15,17,18);1H. The van der Waals surface area contributed by atoms with Gasteiger partial charge in [0.25, 0.3) is 0 Å². The van der Waals surface area contributed by atoms with Crippen molar-refractivity contribution in [3.05, 3.63) is 18.2 Å². The van der Waals surface area contributed by atoms with Crippen molar-refractivity contribution in [1.82, 2.24) is 20.2 Å². The summed E-state index contributed by atoms with van der Waals surface area (Å²) in [6.45, 7) is 9.16. The average Bonchev–Trinajstić information content (AvgIpc) is 2.79. The minimum atomic E-state index is 0. The van der Waals surface area contributed by atoms with Crippen molar-refractivity contribution in [2.45, 2.75) is 33.9 Å². The third kappa shape index (κ3) is 6.80. The molecule has 0 spiro atoms. The number of aromatic nitrogens is 2. The molecule has 0 amide bonds. The zero-order valence-corrected chi connectivity index (χ0v) is 14.7. The first-order valence-corrected chi connectivity index (χ1v) is 6.63. The van der Waals surface area contributed by atoms with Crippen molar-refractivity contribution >= 4 is 29.9 Å². The van der Waals surface area contributed by atoms with E-state index in [-0.39, 0.29) is 24.0 Å². The molecule has 0 saturated heterocycles. The fourth-order valence-electron chi connectivity index (χ4n) is 1.68. The zero-order chi connectivity index (χ0) is 14.1. The molecule has 112 valence electrons. The maximum Gasteiger partial charge on any atom is 0.192 e. The summed E-state index contributed by atoms with van der Waals surface area (Å²) in [6.07, 6.45) is 9.04. The van der Waals surface area contributed by atoms with E-state index in [0.717, 1.165) is 24.9 Å². The van der Waals surface area contributed by atoms with Crippen LogP contribution in [0.5, 0.6) is 0 Å². The second-order valence-corrected chi connectivity index (χ2v) is 4.64. The molecule has 0 aliphatic heterocycles. The first kappa shape index (κ1) is 18.8. The van der Waals surface area contributed by atoms with E-state index in [4.69, 9.17) is 6.42 Å². The maximum absolute atomic E-state index is 5.23. The minimum Gasteiger partial charge on any atom is -0.357 e. The highest BCUT2D eigenvalue weighted by Gasteiger charge is 2.04. The van der Waals surface area contributed by atoms with E-state index in [1.165, 1.54) is 0 Å². The lowest BCUT2D eigenvalue weighted by atomic mass is 10.2. The van der Waals surface area contributed by atoms with Crippen molar-refractivity contribution in [3.63, 3.8) is 0 Å². The molecule has 2 N–H and O–H groups in total. The quantitative estimate of drug-likeness (QED) is 0.338. The summed E-state index contributed by atoms with van der Waals surface area (Å²) in [5.74, 6) is 4.81. The summed E-state index contributed by atoms with van der Waals surface area (Å²) in [5, 5.41) is 6.21. The van der Waals surface area contributed by atoms with E-state index in [1.807, 2.05) is 19.3 Å². The van der Waals surface area contributed by atoms with Crippen LogP contribution in [0.2, 0.25) is 0 Å². The Kier molecular flexibility index (Phi) is 9.90. The largest absolute Gasteiger partial charge is 0.357 e. The third-order valence-electron chi connectivity index (χ3n) is 2.44. The van der Waals surface area contributed by atoms with Crippen molar-refractivity contribution in [2.75, 3.05) is 13.1 Å². The van der Waals surface area contributed by atoms with Gasteiger partial charge in [-0.25, -0.2) is 9.98 Å². The first-order chi connectivity index (χ1) is 9.17. The molecule has 0 atom stereocenters. The molecule has 5 nitrogen and oxygen atoms in total. The molecular formula is C14H24IN5. The van der Waals surface area contributed by atoms with E-state index >= 15 is 0 Å². The predicted octanol–water partition coefficient (Wildman–Crippen LogP) is 1.85. The van der Waals surface area contributed by atoms with Crippen LogP contribution in [-0.2, 0) is 13.1 Å². The molecule has 0 aromatic carbocycles. The van der Waals surface area contributed by atoms with E-state index < -0.39 is 0 Å². The monoisotopic (exact) mass is 389 g/mol. The summed E-state index contributed by atoms with van der Waals surface area (Å²) in [7, 11) is 0. The van der Waals surface area contributed by atoms with Gasteiger partial charge in [0, 0.05) is 25.5 Å². The van der Waals surface area contributed by atoms with E-state index in [2.05, 4.69) is 44.9 Å². The number of imidazole rings is 1. The molecule has 0 fully saturated rings. The van der Waals surface area contributed by atoms with Crippen molar-refractivity contribution in [2.24, 2.45) is 10.9 Å². The molecular weight excluding hydrogens is 365 g/mol. The number of hydrogen-bond donors (Lipinski definition) is 2. The lowest BCUT2D eigenvalue weighted by molar-refractivity contribution is 0.507. The third-order valence-corrected chi connectivity index (χ3v) is 2.44. The second kappa shape index (κ2) is 10.5. The Morgan fingerprint density at radius 1 is 1.50 bits per heavy atom. The Morgan fingerprint density at radius 2 is 2.25 bits per heavy atom. The molecule has 1 heterocycles. The molecule has 0 bridgehead atoms. The fraction of sp³-hybridized carbons (Fsp3) is 0.571. The highest BCUT2D eigenvalue weighted by Crippen LogP contribution is 2.04. The molecule has 0 radical (unpaired) electrons. The maximum atomic E-state index is 5.23. The van der Waals surface area contributed by atoms with Gasteiger partial charge in [0.2, 0.25) is 0 Å². The van der Waals surface area contributed by atoms with Crippen molar-refractivity contribution in [1.29, 1.82) is 0 Å². The van der Waals surface area contributed by atoms with Gasteiger partial charge in [-0.2, -0.15) is 0 Å². The van der Waals surface area contributed by atoms with Gasteiger partial charge in [-0.3, -0.25) is 0 Å². The number of aliphatic imine (C=N–C) groups is 1. The van der Waals surface area contributed by atoms with Crippen LogP contribution in [0, 0.1) is 18.3 Å². The SMILES string of the molecule is C#CCNC(=NCc1nccn1CC(C)C)NCC.I. The van der Waals surface area contributed by atoms with Crippen LogP contribution in [0.1, 0.15) is 26.6 Å². The highest BCUT2D eigenvalue weighted by molar-refractivity contribution is 14.0. The number of terminal acetylenes is 1. The van der Waals surface area contributed by atoms with Gasteiger partial charge in [0.1, 0.15) is 12.4 Å². The molecule has 0 aliphatic rings. The highest BCUT2D eigenvalue weighted by atomic mass is 127. The van der Waals surface area contributed by atoms with Crippen LogP contribution < -0.4 is 10.6 Å². The van der Waals surface area contributed by atoms with Gasteiger partial charge in [-0.1, -0.05) is 19.8 Å². The summed E-state index contributed by atoms with van der Waals surface area (Å²) in [4.78, 5) is 8.82. The molecule has 20 heavy (non-hydrogen) atoms. The van der Waals surface area contributed by atoms with E-state index in [1.54, 1.807) is 0 Å². The molecule has 1 aromatic heterocycles. The Labute approximate surface area is 138 Å². The summed E-state index contributed by atoms with van der Waals surface area (Å²) in [5.41, 5.74) is 0. The molecule has 0 unspecified atom stereocenters. The Balaban J connectivity index is 0.00000361. The van der Waals surface area contributed by atoms with Crippen LogP contribution in [0.15, 0.2) is 17.4 Å². The molecule has 0 aliphatic carbocycles. The molecule has 0 saturated carbocycles. The van der Waals surface area contributed by atoms with Gasteiger partial charge < -0.3 is 15.2 Å². The topological polar surface area (TPSA) is 54.2 Å².